The van der Waals surface area contributed by atoms with E-state index in [1.807, 2.05) is 16.9 Å². The molecule has 1 aromatic rings. The summed E-state index contributed by atoms with van der Waals surface area (Å²) in [6.07, 6.45) is 5.89. The van der Waals surface area contributed by atoms with Crippen molar-refractivity contribution in [1.82, 2.24) is 9.78 Å². The lowest BCUT2D eigenvalue weighted by Gasteiger charge is -2.11. The van der Waals surface area contributed by atoms with E-state index in [0.717, 1.165) is 19.4 Å². The number of carboxylic acid groups (broad SMARTS) is 1. The van der Waals surface area contributed by atoms with Crippen LogP contribution in [0.2, 0.25) is 0 Å². The summed E-state index contributed by atoms with van der Waals surface area (Å²) in [4.78, 5) is 10.6. The minimum absolute atomic E-state index is 0.00213. The smallest absolute Gasteiger partial charge is 0.303 e. The summed E-state index contributed by atoms with van der Waals surface area (Å²) in [7, 11) is 0. The van der Waals surface area contributed by atoms with E-state index < -0.39 is 5.97 Å². The molecule has 70 valence electrons. The molecule has 1 saturated carbocycles. The van der Waals surface area contributed by atoms with Crippen LogP contribution in [0.4, 0.5) is 0 Å². The van der Waals surface area contributed by atoms with E-state index in [0.29, 0.717) is 0 Å². The fourth-order valence-corrected chi connectivity index (χ4v) is 1.63. The summed E-state index contributed by atoms with van der Waals surface area (Å²) in [6.45, 7) is 0.742. The molecule has 1 aliphatic rings. The van der Waals surface area contributed by atoms with Gasteiger partial charge in [0, 0.05) is 24.4 Å². The van der Waals surface area contributed by atoms with Crippen LogP contribution in [0.3, 0.4) is 0 Å². The number of rotatable bonds is 4. The zero-order chi connectivity index (χ0) is 9.31. The Balaban J connectivity index is 1.98. The summed E-state index contributed by atoms with van der Waals surface area (Å²) >= 11 is 0. The molecule has 0 saturated heterocycles. The summed E-state index contributed by atoms with van der Waals surface area (Å²) in [5, 5.41) is 12.8. The second kappa shape index (κ2) is 2.87. The Kier molecular flexibility index (Phi) is 1.83. The fourth-order valence-electron chi connectivity index (χ4n) is 1.63. The maximum atomic E-state index is 10.6. The van der Waals surface area contributed by atoms with E-state index in [4.69, 9.17) is 5.11 Å². The van der Waals surface area contributed by atoms with Crippen LogP contribution in [0.1, 0.15) is 19.3 Å². The number of aliphatic carboxylic acids is 1. The molecule has 2 rings (SSSR count). The van der Waals surface area contributed by atoms with Gasteiger partial charge in [-0.3, -0.25) is 9.48 Å². The van der Waals surface area contributed by atoms with Gasteiger partial charge in [-0.05, 0) is 18.9 Å². The average molecular weight is 180 g/mol. The molecule has 13 heavy (non-hydrogen) atoms. The van der Waals surface area contributed by atoms with Crippen molar-refractivity contribution in [2.24, 2.45) is 5.41 Å². The monoisotopic (exact) mass is 180 g/mol. The molecular formula is C9H12N2O2. The highest BCUT2D eigenvalue weighted by Crippen LogP contribution is 2.49. The minimum atomic E-state index is -0.704. The van der Waals surface area contributed by atoms with Gasteiger partial charge in [0.2, 0.25) is 0 Å². The molecule has 1 aromatic heterocycles. The molecule has 4 heteroatoms. The van der Waals surface area contributed by atoms with Crippen LogP contribution in [0.25, 0.3) is 0 Å². The van der Waals surface area contributed by atoms with Crippen molar-refractivity contribution in [1.29, 1.82) is 0 Å². The van der Waals surface area contributed by atoms with Crippen LogP contribution >= 0.6 is 0 Å². The normalized spacial score (nSPS) is 18.5. The first-order valence-electron chi connectivity index (χ1n) is 4.39. The fraction of sp³-hybridized carbons (Fsp3) is 0.556. The van der Waals surface area contributed by atoms with Crippen LogP contribution in [0.15, 0.2) is 18.5 Å². The second-order valence-electron chi connectivity index (χ2n) is 3.77. The first kappa shape index (κ1) is 8.29. The molecule has 0 aliphatic heterocycles. The third kappa shape index (κ3) is 1.88. The highest BCUT2D eigenvalue weighted by molar-refractivity contribution is 5.68. The summed E-state index contributed by atoms with van der Waals surface area (Å²) in [5.41, 5.74) is -0.00213. The van der Waals surface area contributed by atoms with Crippen molar-refractivity contribution < 1.29 is 9.90 Å². The molecule has 1 N–H and O–H groups in total. The highest BCUT2D eigenvalue weighted by atomic mass is 16.4. The summed E-state index contributed by atoms with van der Waals surface area (Å²) in [5.74, 6) is -0.704. The van der Waals surface area contributed by atoms with E-state index in [1.54, 1.807) is 6.20 Å². The van der Waals surface area contributed by atoms with Crippen LogP contribution in [-0.2, 0) is 11.3 Å². The largest absolute Gasteiger partial charge is 0.481 e. The van der Waals surface area contributed by atoms with Crippen LogP contribution in [0.5, 0.6) is 0 Å². The average Bonchev–Trinajstić information content (AvgIpc) is 2.61. The van der Waals surface area contributed by atoms with Gasteiger partial charge >= 0.3 is 5.97 Å². The van der Waals surface area contributed by atoms with Crippen LogP contribution in [0, 0.1) is 5.41 Å². The Bertz CT molecular complexity index is 301. The first-order chi connectivity index (χ1) is 6.20. The molecule has 0 spiro atoms. The number of aromatic nitrogens is 2. The lowest BCUT2D eigenvalue weighted by atomic mass is 10.0. The molecule has 0 bridgehead atoms. The van der Waals surface area contributed by atoms with Gasteiger partial charge in [-0.25, -0.2) is 0 Å². The zero-order valence-electron chi connectivity index (χ0n) is 7.31. The van der Waals surface area contributed by atoms with E-state index in [9.17, 15) is 4.79 Å². The topological polar surface area (TPSA) is 55.1 Å². The van der Waals surface area contributed by atoms with E-state index in [-0.39, 0.29) is 11.8 Å². The standard InChI is InChI=1S/C9H12N2O2/c12-8(13)6-9(2-3-9)7-11-5-1-4-10-11/h1,4-5H,2-3,6-7H2,(H,12,13). The summed E-state index contributed by atoms with van der Waals surface area (Å²) < 4.78 is 1.82. The van der Waals surface area contributed by atoms with E-state index in [2.05, 4.69) is 5.10 Å². The molecule has 0 unspecified atom stereocenters. The summed E-state index contributed by atoms with van der Waals surface area (Å²) in [6, 6.07) is 1.86. The van der Waals surface area contributed by atoms with Gasteiger partial charge in [0.05, 0.1) is 6.42 Å². The first-order valence-corrected chi connectivity index (χ1v) is 4.39. The Morgan fingerprint density at radius 3 is 2.85 bits per heavy atom. The molecule has 1 fully saturated rings. The predicted octanol–water partition coefficient (Wildman–Crippen LogP) is 1.14. The molecule has 0 atom stereocenters. The SMILES string of the molecule is O=C(O)CC1(Cn2cccn2)CC1. The van der Waals surface area contributed by atoms with Gasteiger partial charge in [-0.1, -0.05) is 0 Å². The number of nitrogens with zero attached hydrogens (tertiary/aromatic N) is 2. The van der Waals surface area contributed by atoms with Crippen LogP contribution < -0.4 is 0 Å². The van der Waals surface area contributed by atoms with Gasteiger partial charge in [0.25, 0.3) is 0 Å². The van der Waals surface area contributed by atoms with Gasteiger partial charge in [-0.2, -0.15) is 5.10 Å². The van der Waals surface area contributed by atoms with Crippen molar-refractivity contribution in [3.05, 3.63) is 18.5 Å². The van der Waals surface area contributed by atoms with Gasteiger partial charge in [0.15, 0.2) is 0 Å². The van der Waals surface area contributed by atoms with Gasteiger partial charge < -0.3 is 5.11 Å². The molecular weight excluding hydrogens is 168 g/mol. The predicted molar refractivity (Wildman–Crippen MR) is 46.1 cm³/mol. The van der Waals surface area contributed by atoms with Crippen molar-refractivity contribution in [2.45, 2.75) is 25.8 Å². The zero-order valence-corrected chi connectivity index (χ0v) is 7.31. The number of carbonyl (C=O) groups is 1. The Hall–Kier alpha value is -1.32. The highest BCUT2D eigenvalue weighted by Gasteiger charge is 2.44. The molecule has 0 radical (unpaired) electrons. The molecule has 0 amide bonds. The molecule has 1 aliphatic carbocycles. The van der Waals surface area contributed by atoms with Crippen molar-refractivity contribution in [3.63, 3.8) is 0 Å². The second-order valence-corrected chi connectivity index (χ2v) is 3.77. The molecule has 4 nitrogen and oxygen atoms in total. The lowest BCUT2D eigenvalue weighted by Crippen LogP contribution is -2.16. The van der Waals surface area contributed by atoms with Crippen molar-refractivity contribution in [3.8, 4) is 0 Å². The Labute approximate surface area is 76.2 Å². The number of hydrogen-bond acceptors (Lipinski definition) is 2. The Morgan fingerprint density at radius 1 is 1.62 bits per heavy atom. The van der Waals surface area contributed by atoms with E-state index in [1.165, 1.54) is 0 Å². The third-order valence-electron chi connectivity index (χ3n) is 2.54. The van der Waals surface area contributed by atoms with Crippen molar-refractivity contribution >= 4 is 5.97 Å². The van der Waals surface area contributed by atoms with Crippen molar-refractivity contribution in [2.75, 3.05) is 0 Å². The van der Waals surface area contributed by atoms with E-state index >= 15 is 0 Å². The molecule has 1 heterocycles. The Morgan fingerprint density at radius 2 is 2.38 bits per heavy atom. The quantitative estimate of drug-likeness (QED) is 0.755. The lowest BCUT2D eigenvalue weighted by molar-refractivity contribution is -0.138. The number of hydrogen-bond donors (Lipinski definition) is 1. The van der Waals surface area contributed by atoms with Crippen LogP contribution in [-0.4, -0.2) is 20.9 Å². The van der Waals surface area contributed by atoms with Gasteiger partial charge in [0.1, 0.15) is 0 Å². The third-order valence-corrected chi connectivity index (χ3v) is 2.54. The molecule has 0 aromatic carbocycles. The minimum Gasteiger partial charge on any atom is -0.481 e. The maximum absolute atomic E-state index is 10.6. The number of carboxylic acids is 1. The van der Waals surface area contributed by atoms with Gasteiger partial charge in [-0.15, -0.1) is 0 Å². The maximum Gasteiger partial charge on any atom is 0.303 e.